The fraction of sp³-hybridized carbons (Fsp3) is 0.263. The summed E-state index contributed by atoms with van der Waals surface area (Å²) in [5, 5.41) is 3.30. The molecule has 25 heavy (non-hydrogen) atoms. The van der Waals surface area contributed by atoms with Crippen LogP contribution in [0, 0.1) is 12.7 Å². The first-order valence-corrected chi connectivity index (χ1v) is 8.30. The number of amides is 2. The molecule has 0 bridgehead atoms. The van der Waals surface area contributed by atoms with Gasteiger partial charge < -0.3 is 10.2 Å². The van der Waals surface area contributed by atoms with Gasteiger partial charge in [-0.1, -0.05) is 29.8 Å². The third-order valence-electron chi connectivity index (χ3n) is 3.75. The van der Waals surface area contributed by atoms with E-state index in [1.165, 1.54) is 19.1 Å². The number of aryl methyl sites for hydroxylation is 1. The molecule has 0 unspecified atom stereocenters. The largest absolute Gasteiger partial charge is 0.354 e. The van der Waals surface area contributed by atoms with Crippen LogP contribution in [0.5, 0.6) is 0 Å². The first-order chi connectivity index (χ1) is 11.9. The minimum atomic E-state index is -0.371. The predicted octanol–water partition coefficient (Wildman–Crippen LogP) is 3.50. The van der Waals surface area contributed by atoms with E-state index in [1.54, 1.807) is 29.2 Å². The van der Waals surface area contributed by atoms with Gasteiger partial charge in [0.2, 0.25) is 11.8 Å². The second-order valence-corrected chi connectivity index (χ2v) is 6.19. The van der Waals surface area contributed by atoms with Gasteiger partial charge in [-0.15, -0.1) is 0 Å². The zero-order valence-electron chi connectivity index (χ0n) is 14.2. The molecule has 4 nitrogen and oxygen atoms in total. The topological polar surface area (TPSA) is 49.4 Å². The third kappa shape index (κ3) is 5.57. The number of hydrogen-bond donors (Lipinski definition) is 1. The molecule has 0 aromatic heterocycles. The van der Waals surface area contributed by atoms with Crippen molar-refractivity contribution in [1.82, 2.24) is 5.32 Å². The standard InChI is InChI=1S/C19H20ClFN2O2/c1-13-6-7-16(20)12-18(13)23(14(2)24)9-8-22-19(25)11-15-4-3-5-17(21)10-15/h3-7,10,12H,8-9,11H2,1-2H3,(H,22,25). The number of carbonyl (C=O) groups is 2. The Morgan fingerprint density at radius 1 is 1.20 bits per heavy atom. The van der Waals surface area contributed by atoms with Crippen molar-refractivity contribution in [1.29, 1.82) is 0 Å². The lowest BCUT2D eigenvalue weighted by Gasteiger charge is -2.23. The molecule has 6 heteroatoms. The normalized spacial score (nSPS) is 10.4. The van der Waals surface area contributed by atoms with E-state index in [9.17, 15) is 14.0 Å². The van der Waals surface area contributed by atoms with Crippen LogP contribution in [0.15, 0.2) is 42.5 Å². The number of carbonyl (C=O) groups excluding carboxylic acids is 2. The number of halogens is 2. The molecule has 2 aromatic rings. The Hall–Kier alpha value is -2.40. The molecule has 2 rings (SSSR count). The molecule has 0 spiro atoms. The highest BCUT2D eigenvalue weighted by atomic mass is 35.5. The van der Waals surface area contributed by atoms with Crippen LogP contribution in [0.3, 0.4) is 0 Å². The summed E-state index contributed by atoms with van der Waals surface area (Å²) in [6.45, 7) is 3.98. The molecule has 0 aliphatic carbocycles. The number of nitrogens with zero attached hydrogens (tertiary/aromatic N) is 1. The minimum Gasteiger partial charge on any atom is -0.354 e. The highest BCUT2D eigenvalue weighted by Crippen LogP contribution is 2.24. The van der Waals surface area contributed by atoms with Crippen LogP contribution in [-0.2, 0) is 16.0 Å². The Bertz CT molecular complexity index is 780. The van der Waals surface area contributed by atoms with Gasteiger partial charge in [0, 0.05) is 30.7 Å². The van der Waals surface area contributed by atoms with Crippen molar-refractivity contribution in [3.05, 3.63) is 64.4 Å². The quantitative estimate of drug-likeness (QED) is 0.855. The minimum absolute atomic E-state index is 0.0913. The molecule has 0 aliphatic rings. The highest BCUT2D eigenvalue weighted by molar-refractivity contribution is 6.31. The number of nitrogens with one attached hydrogen (secondary N) is 1. The SMILES string of the molecule is CC(=O)N(CCNC(=O)Cc1cccc(F)c1)c1cc(Cl)ccc1C. The van der Waals surface area contributed by atoms with Crippen LogP contribution in [0.1, 0.15) is 18.1 Å². The number of anilines is 1. The van der Waals surface area contributed by atoms with Gasteiger partial charge >= 0.3 is 0 Å². The van der Waals surface area contributed by atoms with Gasteiger partial charge in [-0.05, 0) is 42.3 Å². The van der Waals surface area contributed by atoms with E-state index in [4.69, 9.17) is 11.6 Å². The summed E-state index contributed by atoms with van der Waals surface area (Å²) < 4.78 is 13.1. The van der Waals surface area contributed by atoms with Crippen LogP contribution < -0.4 is 10.2 Å². The summed E-state index contributed by atoms with van der Waals surface area (Å²) in [6, 6.07) is 11.3. The average molecular weight is 363 g/mol. The predicted molar refractivity (Wildman–Crippen MR) is 97.3 cm³/mol. The van der Waals surface area contributed by atoms with E-state index >= 15 is 0 Å². The molecule has 2 aromatic carbocycles. The molecule has 0 saturated heterocycles. The summed E-state index contributed by atoms with van der Waals surface area (Å²) in [6.07, 6.45) is 0.0913. The smallest absolute Gasteiger partial charge is 0.224 e. The number of benzene rings is 2. The third-order valence-corrected chi connectivity index (χ3v) is 3.99. The fourth-order valence-electron chi connectivity index (χ4n) is 2.52. The highest BCUT2D eigenvalue weighted by Gasteiger charge is 2.14. The first-order valence-electron chi connectivity index (χ1n) is 7.92. The lowest BCUT2D eigenvalue weighted by Crippen LogP contribution is -2.38. The molecule has 0 atom stereocenters. The van der Waals surface area contributed by atoms with Crippen LogP contribution in [0.2, 0.25) is 5.02 Å². The molecule has 2 amide bonds. The van der Waals surface area contributed by atoms with E-state index in [0.717, 1.165) is 11.3 Å². The summed E-state index contributed by atoms with van der Waals surface area (Å²) in [5.41, 5.74) is 2.25. The Labute approximate surface area is 151 Å². The molecule has 0 heterocycles. The van der Waals surface area contributed by atoms with Crippen molar-refractivity contribution in [3.8, 4) is 0 Å². The van der Waals surface area contributed by atoms with Gasteiger partial charge in [0.25, 0.3) is 0 Å². The van der Waals surface area contributed by atoms with E-state index in [0.29, 0.717) is 23.7 Å². The van der Waals surface area contributed by atoms with Crippen LogP contribution in [0.4, 0.5) is 10.1 Å². The van der Waals surface area contributed by atoms with Gasteiger partial charge in [-0.25, -0.2) is 4.39 Å². The number of hydrogen-bond acceptors (Lipinski definition) is 2. The summed E-state index contributed by atoms with van der Waals surface area (Å²) in [5.74, 6) is -0.730. The van der Waals surface area contributed by atoms with E-state index in [-0.39, 0.29) is 24.1 Å². The van der Waals surface area contributed by atoms with E-state index in [2.05, 4.69) is 5.32 Å². The average Bonchev–Trinajstić information content (AvgIpc) is 2.54. The summed E-state index contributed by atoms with van der Waals surface area (Å²) in [7, 11) is 0. The van der Waals surface area contributed by atoms with Crippen LogP contribution in [0.25, 0.3) is 0 Å². The molecular weight excluding hydrogens is 343 g/mol. The summed E-state index contributed by atoms with van der Waals surface area (Å²) in [4.78, 5) is 25.5. The van der Waals surface area contributed by atoms with Crippen molar-refractivity contribution in [2.24, 2.45) is 0 Å². The van der Waals surface area contributed by atoms with Gasteiger partial charge in [0.1, 0.15) is 5.82 Å². The van der Waals surface area contributed by atoms with Gasteiger partial charge in [-0.2, -0.15) is 0 Å². The second kappa shape index (κ2) is 8.62. The number of rotatable bonds is 6. The lowest BCUT2D eigenvalue weighted by molar-refractivity contribution is -0.121. The first kappa shape index (κ1) is 18.9. The Morgan fingerprint density at radius 2 is 1.96 bits per heavy atom. The molecule has 0 saturated carbocycles. The molecule has 0 aliphatic heterocycles. The van der Waals surface area contributed by atoms with Crippen LogP contribution >= 0.6 is 11.6 Å². The lowest BCUT2D eigenvalue weighted by atomic mass is 10.1. The molecule has 1 N–H and O–H groups in total. The monoisotopic (exact) mass is 362 g/mol. The Balaban J connectivity index is 1.94. The van der Waals surface area contributed by atoms with Crippen molar-refractivity contribution in [2.45, 2.75) is 20.3 Å². The van der Waals surface area contributed by atoms with Gasteiger partial charge in [0.15, 0.2) is 0 Å². The zero-order chi connectivity index (χ0) is 18.4. The Kier molecular flexibility index (Phi) is 6.53. The molecular formula is C19H20ClFN2O2. The maximum Gasteiger partial charge on any atom is 0.224 e. The maximum atomic E-state index is 13.1. The summed E-state index contributed by atoms with van der Waals surface area (Å²) >= 11 is 6.01. The fourth-order valence-corrected chi connectivity index (χ4v) is 2.69. The van der Waals surface area contributed by atoms with Crippen molar-refractivity contribution in [3.63, 3.8) is 0 Å². The van der Waals surface area contributed by atoms with E-state index < -0.39 is 0 Å². The van der Waals surface area contributed by atoms with Crippen molar-refractivity contribution in [2.75, 3.05) is 18.0 Å². The molecule has 0 radical (unpaired) electrons. The van der Waals surface area contributed by atoms with Crippen molar-refractivity contribution >= 4 is 29.1 Å². The van der Waals surface area contributed by atoms with Gasteiger partial charge in [0.05, 0.1) is 6.42 Å². The zero-order valence-corrected chi connectivity index (χ0v) is 14.9. The molecule has 0 fully saturated rings. The second-order valence-electron chi connectivity index (χ2n) is 5.76. The van der Waals surface area contributed by atoms with Gasteiger partial charge in [-0.3, -0.25) is 9.59 Å². The van der Waals surface area contributed by atoms with Crippen LogP contribution in [-0.4, -0.2) is 24.9 Å². The molecule has 132 valence electrons. The van der Waals surface area contributed by atoms with Crippen molar-refractivity contribution < 1.29 is 14.0 Å². The maximum absolute atomic E-state index is 13.1. The Morgan fingerprint density at radius 3 is 2.64 bits per heavy atom. The van der Waals surface area contributed by atoms with E-state index in [1.807, 2.05) is 13.0 Å².